The van der Waals surface area contributed by atoms with Gasteiger partial charge in [0, 0.05) is 6.04 Å². The third-order valence-corrected chi connectivity index (χ3v) is 2.93. The number of methoxy groups -OCH3 is 1. The van der Waals surface area contributed by atoms with Crippen molar-refractivity contribution in [1.29, 1.82) is 0 Å². The van der Waals surface area contributed by atoms with Crippen LogP contribution in [0.5, 0.6) is 5.75 Å². The zero-order valence-corrected chi connectivity index (χ0v) is 10.3. The third-order valence-electron chi connectivity index (χ3n) is 2.93. The van der Waals surface area contributed by atoms with Crippen molar-refractivity contribution in [2.45, 2.75) is 19.1 Å². The summed E-state index contributed by atoms with van der Waals surface area (Å²) < 4.78 is 10.4. The Morgan fingerprint density at radius 3 is 2.94 bits per heavy atom. The molecular weight excluding hydrogens is 230 g/mol. The topological polar surface area (TPSA) is 61.5 Å². The molecule has 1 aromatic carbocycles. The molecule has 0 bridgehead atoms. The van der Waals surface area contributed by atoms with E-state index in [1.165, 1.54) is 0 Å². The number of hydrogen-bond donors (Lipinski definition) is 1. The van der Waals surface area contributed by atoms with E-state index >= 15 is 0 Å². The largest absolute Gasteiger partial charge is 0.497 e. The minimum Gasteiger partial charge on any atom is -0.497 e. The van der Waals surface area contributed by atoms with Gasteiger partial charge in [-0.25, -0.2) is 0 Å². The standard InChI is InChI=1S/C14H17NO3/c1-17-13-4-2-3-10(7-13)9-18-14(16)11-5-6-12(15)8-11/h2-7,11-12H,8-9,15H2,1H3. The summed E-state index contributed by atoms with van der Waals surface area (Å²) in [7, 11) is 1.61. The van der Waals surface area contributed by atoms with E-state index in [-0.39, 0.29) is 24.5 Å². The summed E-state index contributed by atoms with van der Waals surface area (Å²) in [4.78, 5) is 11.8. The lowest BCUT2D eigenvalue weighted by Crippen LogP contribution is -2.20. The summed E-state index contributed by atoms with van der Waals surface area (Å²) in [6.45, 7) is 0.260. The number of benzene rings is 1. The van der Waals surface area contributed by atoms with Gasteiger partial charge in [-0.2, -0.15) is 0 Å². The number of ether oxygens (including phenoxy) is 2. The second-order valence-corrected chi connectivity index (χ2v) is 4.35. The van der Waals surface area contributed by atoms with E-state index in [9.17, 15) is 4.79 Å². The molecular formula is C14H17NO3. The highest BCUT2D eigenvalue weighted by Crippen LogP contribution is 2.19. The Kier molecular flexibility index (Phi) is 3.99. The summed E-state index contributed by atoms with van der Waals surface area (Å²) in [6, 6.07) is 7.44. The molecule has 1 aliphatic carbocycles. The predicted molar refractivity (Wildman–Crippen MR) is 68.0 cm³/mol. The van der Waals surface area contributed by atoms with E-state index in [1.54, 1.807) is 7.11 Å². The normalized spacial score (nSPS) is 21.9. The van der Waals surface area contributed by atoms with Crippen molar-refractivity contribution in [3.8, 4) is 5.75 Å². The van der Waals surface area contributed by atoms with Crippen molar-refractivity contribution in [3.05, 3.63) is 42.0 Å². The predicted octanol–water partition coefficient (Wildman–Crippen LogP) is 1.64. The molecule has 4 nitrogen and oxygen atoms in total. The first kappa shape index (κ1) is 12.6. The van der Waals surface area contributed by atoms with E-state index in [2.05, 4.69) is 0 Å². The lowest BCUT2D eigenvalue weighted by Gasteiger charge is -2.10. The average Bonchev–Trinajstić information content (AvgIpc) is 2.83. The molecule has 0 spiro atoms. The maximum absolute atomic E-state index is 11.8. The molecule has 0 saturated carbocycles. The van der Waals surface area contributed by atoms with Gasteiger partial charge in [0.25, 0.3) is 0 Å². The van der Waals surface area contributed by atoms with Crippen LogP contribution in [-0.2, 0) is 16.1 Å². The van der Waals surface area contributed by atoms with Gasteiger partial charge in [-0.3, -0.25) is 4.79 Å². The number of hydrogen-bond acceptors (Lipinski definition) is 4. The molecule has 1 aromatic rings. The molecule has 1 aliphatic rings. The zero-order valence-electron chi connectivity index (χ0n) is 10.3. The minimum absolute atomic E-state index is 0.0284. The zero-order chi connectivity index (χ0) is 13.0. The van der Waals surface area contributed by atoms with Gasteiger partial charge < -0.3 is 15.2 Å². The third kappa shape index (κ3) is 3.11. The summed E-state index contributed by atoms with van der Waals surface area (Å²) in [5, 5.41) is 0. The molecule has 18 heavy (non-hydrogen) atoms. The molecule has 2 atom stereocenters. The molecule has 0 aliphatic heterocycles. The molecule has 0 aromatic heterocycles. The molecule has 2 rings (SSSR count). The molecule has 0 heterocycles. The lowest BCUT2D eigenvalue weighted by atomic mass is 10.1. The molecule has 2 N–H and O–H groups in total. The van der Waals surface area contributed by atoms with Gasteiger partial charge in [0.2, 0.25) is 0 Å². The van der Waals surface area contributed by atoms with E-state index in [0.717, 1.165) is 11.3 Å². The van der Waals surface area contributed by atoms with Crippen LogP contribution in [0.4, 0.5) is 0 Å². The fourth-order valence-corrected chi connectivity index (χ4v) is 1.93. The van der Waals surface area contributed by atoms with Gasteiger partial charge in [-0.05, 0) is 24.1 Å². The van der Waals surface area contributed by atoms with Crippen LogP contribution in [0, 0.1) is 5.92 Å². The highest BCUT2D eigenvalue weighted by molar-refractivity contribution is 5.75. The van der Waals surface area contributed by atoms with Crippen molar-refractivity contribution in [2.24, 2.45) is 11.7 Å². The Labute approximate surface area is 106 Å². The first-order valence-electron chi connectivity index (χ1n) is 5.92. The molecule has 0 fully saturated rings. The number of rotatable bonds is 4. The second-order valence-electron chi connectivity index (χ2n) is 4.35. The molecule has 0 radical (unpaired) electrons. The second kappa shape index (κ2) is 5.69. The van der Waals surface area contributed by atoms with Crippen LogP contribution in [0.15, 0.2) is 36.4 Å². The Balaban J connectivity index is 1.87. The van der Waals surface area contributed by atoms with Gasteiger partial charge in [0.05, 0.1) is 13.0 Å². The van der Waals surface area contributed by atoms with Crippen LogP contribution in [0.25, 0.3) is 0 Å². The monoisotopic (exact) mass is 247 g/mol. The molecule has 0 saturated heterocycles. The van der Waals surface area contributed by atoms with Crippen LogP contribution in [0.3, 0.4) is 0 Å². The molecule has 96 valence electrons. The fourth-order valence-electron chi connectivity index (χ4n) is 1.93. The van der Waals surface area contributed by atoms with Crippen LogP contribution in [-0.4, -0.2) is 19.1 Å². The lowest BCUT2D eigenvalue weighted by molar-refractivity contribution is -0.148. The van der Waals surface area contributed by atoms with E-state index < -0.39 is 0 Å². The highest BCUT2D eigenvalue weighted by atomic mass is 16.5. The van der Waals surface area contributed by atoms with Crippen molar-refractivity contribution in [3.63, 3.8) is 0 Å². The van der Waals surface area contributed by atoms with Crippen LogP contribution >= 0.6 is 0 Å². The Bertz CT molecular complexity index is 456. The SMILES string of the molecule is COc1cccc(COC(=O)C2C=CC(N)C2)c1. The Morgan fingerprint density at radius 1 is 1.44 bits per heavy atom. The van der Waals surface area contributed by atoms with Crippen LogP contribution < -0.4 is 10.5 Å². The summed E-state index contributed by atoms with van der Waals surface area (Å²) in [6.07, 6.45) is 4.30. The maximum Gasteiger partial charge on any atom is 0.313 e. The van der Waals surface area contributed by atoms with Gasteiger partial charge in [-0.1, -0.05) is 24.3 Å². The minimum atomic E-state index is -0.220. The van der Waals surface area contributed by atoms with Crippen molar-refractivity contribution in [1.82, 2.24) is 0 Å². The Hall–Kier alpha value is -1.81. The van der Waals surface area contributed by atoms with Gasteiger partial charge >= 0.3 is 5.97 Å². The number of esters is 1. The molecule has 2 unspecified atom stereocenters. The summed E-state index contributed by atoms with van der Waals surface area (Å²) in [5.41, 5.74) is 6.61. The summed E-state index contributed by atoms with van der Waals surface area (Å²) in [5.74, 6) is 0.332. The average molecular weight is 247 g/mol. The summed E-state index contributed by atoms with van der Waals surface area (Å²) >= 11 is 0. The van der Waals surface area contributed by atoms with Gasteiger partial charge in [0.15, 0.2) is 0 Å². The highest BCUT2D eigenvalue weighted by Gasteiger charge is 2.23. The van der Waals surface area contributed by atoms with Crippen molar-refractivity contribution < 1.29 is 14.3 Å². The maximum atomic E-state index is 11.8. The van der Waals surface area contributed by atoms with E-state index in [4.69, 9.17) is 15.2 Å². The number of carbonyl (C=O) groups excluding carboxylic acids is 1. The van der Waals surface area contributed by atoms with Gasteiger partial charge in [-0.15, -0.1) is 0 Å². The van der Waals surface area contributed by atoms with E-state index in [0.29, 0.717) is 6.42 Å². The van der Waals surface area contributed by atoms with Crippen LogP contribution in [0.2, 0.25) is 0 Å². The van der Waals surface area contributed by atoms with Crippen molar-refractivity contribution >= 4 is 5.97 Å². The molecule has 4 heteroatoms. The quantitative estimate of drug-likeness (QED) is 0.649. The van der Waals surface area contributed by atoms with Gasteiger partial charge in [0.1, 0.15) is 12.4 Å². The van der Waals surface area contributed by atoms with E-state index in [1.807, 2.05) is 36.4 Å². The Morgan fingerprint density at radius 2 is 2.28 bits per heavy atom. The van der Waals surface area contributed by atoms with Crippen LogP contribution in [0.1, 0.15) is 12.0 Å². The molecule has 0 amide bonds. The number of nitrogens with two attached hydrogens (primary N) is 1. The number of carbonyl (C=O) groups is 1. The van der Waals surface area contributed by atoms with Crippen molar-refractivity contribution in [2.75, 3.05) is 7.11 Å². The first-order valence-corrected chi connectivity index (χ1v) is 5.92. The first-order chi connectivity index (χ1) is 8.69. The fraction of sp³-hybridized carbons (Fsp3) is 0.357. The smallest absolute Gasteiger partial charge is 0.313 e.